The highest BCUT2D eigenvalue weighted by atomic mass is 32.2. The van der Waals surface area contributed by atoms with Crippen LogP contribution in [0.15, 0.2) is 18.5 Å². The zero-order chi connectivity index (χ0) is 12.9. The molecule has 1 atom stereocenters. The molecule has 0 saturated heterocycles. The fraction of sp³-hybridized carbons (Fsp3) is 0.636. The largest absolute Gasteiger partial charge is 0.441 e. The second-order valence-corrected chi connectivity index (χ2v) is 5.03. The lowest BCUT2D eigenvalue weighted by Crippen LogP contribution is -2.09. The molecular weight excluding hydrogens is 249 g/mol. The van der Waals surface area contributed by atoms with Crippen LogP contribution in [0.25, 0.3) is 0 Å². The van der Waals surface area contributed by atoms with E-state index in [9.17, 15) is 13.2 Å². The maximum Gasteiger partial charge on any atom is 0.441 e. The number of thioether (sulfide) groups is 1. The Balaban J connectivity index is 2.40. The average molecular weight is 266 g/mol. The molecule has 1 aromatic rings. The van der Waals surface area contributed by atoms with E-state index in [4.69, 9.17) is 5.73 Å². The van der Waals surface area contributed by atoms with Crippen molar-refractivity contribution < 1.29 is 13.2 Å². The van der Waals surface area contributed by atoms with E-state index in [1.165, 1.54) is 0 Å². The molecule has 1 aromatic heterocycles. The molecule has 2 N–H and O–H groups in total. The minimum atomic E-state index is -4.14. The summed E-state index contributed by atoms with van der Waals surface area (Å²) >= 11 is 0.00424. The Morgan fingerprint density at radius 2 is 2.18 bits per heavy atom. The van der Waals surface area contributed by atoms with Crippen LogP contribution in [0.4, 0.5) is 13.2 Å². The molecular formula is C11H17F3N2S. The zero-order valence-electron chi connectivity index (χ0n) is 9.70. The number of alkyl halides is 3. The van der Waals surface area contributed by atoms with Crippen molar-refractivity contribution >= 4 is 11.8 Å². The van der Waals surface area contributed by atoms with Gasteiger partial charge in [-0.25, -0.2) is 0 Å². The van der Waals surface area contributed by atoms with Crippen LogP contribution in [0.2, 0.25) is 0 Å². The number of aromatic nitrogens is 1. The molecule has 0 aromatic carbocycles. The first-order valence-corrected chi connectivity index (χ1v) is 6.53. The van der Waals surface area contributed by atoms with Crippen molar-refractivity contribution in [2.45, 2.75) is 37.9 Å². The number of aryl methyl sites for hydroxylation is 1. The number of rotatable bonds is 6. The molecule has 0 aliphatic carbocycles. The molecule has 1 heterocycles. The minimum Gasteiger partial charge on any atom is -0.353 e. The highest BCUT2D eigenvalue weighted by molar-refractivity contribution is 8.00. The van der Waals surface area contributed by atoms with Gasteiger partial charge in [0.15, 0.2) is 0 Å². The van der Waals surface area contributed by atoms with Gasteiger partial charge in [0.05, 0.1) is 0 Å². The zero-order valence-corrected chi connectivity index (χ0v) is 10.5. The fourth-order valence-corrected chi connectivity index (χ4v) is 2.10. The predicted molar refractivity (Wildman–Crippen MR) is 64.8 cm³/mol. The van der Waals surface area contributed by atoms with Crippen molar-refractivity contribution in [3.05, 3.63) is 24.0 Å². The quantitative estimate of drug-likeness (QED) is 0.853. The topological polar surface area (TPSA) is 30.9 Å². The molecule has 0 bridgehead atoms. The second-order valence-electron chi connectivity index (χ2n) is 3.87. The van der Waals surface area contributed by atoms with Gasteiger partial charge in [-0.15, -0.1) is 0 Å². The van der Waals surface area contributed by atoms with Gasteiger partial charge < -0.3 is 10.3 Å². The smallest absolute Gasteiger partial charge is 0.353 e. The van der Waals surface area contributed by atoms with Crippen LogP contribution in [-0.4, -0.2) is 15.8 Å². The Kier molecular flexibility index (Phi) is 5.39. The molecule has 6 heteroatoms. The summed E-state index contributed by atoms with van der Waals surface area (Å²) in [6, 6.07) is 1.86. The maximum absolute atomic E-state index is 11.9. The highest BCUT2D eigenvalue weighted by Gasteiger charge is 2.27. The summed E-state index contributed by atoms with van der Waals surface area (Å²) in [5, 5.41) is 0. The molecule has 1 rings (SSSR count). The fourth-order valence-electron chi connectivity index (χ4n) is 1.56. The molecule has 17 heavy (non-hydrogen) atoms. The van der Waals surface area contributed by atoms with Gasteiger partial charge >= 0.3 is 5.51 Å². The molecule has 0 amide bonds. The first kappa shape index (κ1) is 14.4. The van der Waals surface area contributed by atoms with Crippen LogP contribution >= 0.6 is 11.8 Å². The molecule has 0 aliphatic rings. The van der Waals surface area contributed by atoms with Crippen molar-refractivity contribution in [3.63, 3.8) is 0 Å². The van der Waals surface area contributed by atoms with E-state index in [2.05, 4.69) is 6.92 Å². The van der Waals surface area contributed by atoms with Gasteiger partial charge in [-0.05, 0) is 29.8 Å². The minimum absolute atomic E-state index is 0.00424. The summed E-state index contributed by atoms with van der Waals surface area (Å²) in [5.41, 5.74) is 2.76. The first-order valence-electron chi connectivity index (χ1n) is 5.54. The number of hydrogen-bond acceptors (Lipinski definition) is 2. The Bertz CT molecular complexity index is 336. The number of halogens is 3. The number of nitrogens with zero attached hydrogens (tertiary/aromatic N) is 1. The number of nitrogens with two attached hydrogens (primary N) is 1. The van der Waals surface area contributed by atoms with E-state index < -0.39 is 5.51 Å². The highest BCUT2D eigenvalue weighted by Crippen LogP contribution is 2.30. The van der Waals surface area contributed by atoms with Gasteiger partial charge in [0.25, 0.3) is 0 Å². The maximum atomic E-state index is 11.9. The number of hydrogen-bond donors (Lipinski definition) is 1. The van der Waals surface area contributed by atoms with E-state index in [1.807, 2.05) is 12.3 Å². The van der Waals surface area contributed by atoms with Crippen LogP contribution in [0, 0.1) is 0 Å². The van der Waals surface area contributed by atoms with Crippen molar-refractivity contribution in [1.82, 2.24) is 4.57 Å². The molecule has 0 saturated carbocycles. The molecule has 1 unspecified atom stereocenters. The van der Waals surface area contributed by atoms with Crippen molar-refractivity contribution in [2.75, 3.05) is 5.75 Å². The third-order valence-electron chi connectivity index (χ3n) is 2.42. The van der Waals surface area contributed by atoms with E-state index in [1.54, 1.807) is 10.8 Å². The van der Waals surface area contributed by atoms with E-state index in [-0.39, 0.29) is 23.6 Å². The predicted octanol–water partition coefficient (Wildman–Crippen LogP) is 3.54. The third kappa shape index (κ3) is 5.50. The monoisotopic (exact) mass is 266 g/mol. The first-order chi connectivity index (χ1) is 7.92. The summed E-state index contributed by atoms with van der Waals surface area (Å²) in [6.07, 6.45) is 5.50. The van der Waals surface area contributed by atoms with Gasteiger partial charge in [-0.3, -0.25) is 0 Å². The standard InChI is InChI=1S/C11H17F3N2S/c1-2-3-10(15)9-4-5-16(8-9)6-7-17-11(12,13)14/h4-5,8,10H,2-3,6-7,15H2,1H3. The lowest BCUT2D eigenvalue weighted by Gasteiger charge is -2.08. The Hall–Kier alpha value is -0.620. The van der Waals surface area contributed by atoms with Gasteiger partial charge in [0, 0.05) is 30.7 Å². The van der Waals surface area contributed by atoms with Crippen molar-refractivity contribution in [3.8, 4) is 0 Å². The molecule has 2 nitrogen and oxygen atoms in total. The second kappa shape index (κ2) is 6.35. The van der Waals surface area contributed by atoms with Crippen LogP contribution in [0.5, 0.6) is 0 Å². The Labute approximate surface area is 103 Å². The summed E-state index contributed by atoms with van der Waals surface area (Å²) < 4.78 is 37.5. The summed E-state index contributed by atoms with van der Waals surface area (Å²) in [6.45, 7) is 2.40. The SMILES string of the molecule is CCCC(N)c1ccn(CCSC(F)(F)F)c1. The normalized spacial score (nSPS) is 13.9. The summed E-state index contributed by atoms with van der Waals surface area (Å²) in [7, 11) is 0. The molecule has 98 valence electrons. The Morgan fingerprint density at radius 3 is 2.76 bits per heavy atom. The average Bonchev–Trinajstić information content (AvgIpc) is 2.65. The van der Waals surface area contributed by atoms with Gasteiger partial charge in [-0.2, -0.15) is 13.2 Å². The lowest BCUT2D eigenvalue weighted by molar-refractivity contribution is -0.0328. The molecule has 0 spiro atoms. The van der Waals surface area contributed by atoms with Crippen LogP contribution in [0.3, 0.4) is 0 Å². The van der Waals surface area contributed by atoms with E-state index in [0.717, 1.165) is 18.4 Å². The summed E-state index contributed by atoms with van der Waals surface area (Å²) in [4.78, 5) is 0. The van der Waals surface area contributed by atoms with Crippen molar-refractivity contribution in [1.29, 1.82) is 0 Å². The van der Waals surface area contributed by atoms with E-state index >= 15 is 0 Å². The van der Waals surface area contributed by atoms with Crippen LogP contribution in [-0.2, 0) is 6.54 Å². The Morgan fingerprint density at radius 1 is 1.47 bits per heavy atom. The lowest BCUT2D eigenvalue weighted by atomic mass is 10.1. The molecule has 0 aliphatic heterocycles. The third-order valence-corrected chi connectivity index (χ3v) is 3.13. The van der Waals surface area contributed by atoms with E-state index in [0.29, 0.717) is 6.54 Å². The van der Waals surface area contributed by atoms with Crippen LogP contribution < -0.4 is 5.73 Å². The molecule has 0 fully saturated rings. The van der Waals surface area contributed by atoms with Crippen molar-refractivity contribution in [2.24, 2.45) is 5.73 Å². The summed E-state index contributed by atoms with van der Waals surface area (Å²) in [5.74, 6) is 0.0284. The van der Waals surface area contributed by atoms with Gasteiger partial charge in [0.1, 0.15) is 0 Å². The molecule has 0 radical (unpaired) electrons. The van der Waals surface area contributed by atoms with Gasteiger partial charge in [-0.1, -0.05) is 13.3 Å². The van der Waals surface area contributed by atoms with Gasteiger partial charge in [0.2, 0.25) is 0 Å². The van der Waals surface area contributed by atoms with Crippen LogP contribution in [0.1, 0.15) is 31.4 Å².